The van der Waals surface area contributed by atoms with Gasteiger partial charge in [-0.1, -0.05) is 12.1 Å². The fourth-order valence-corrected chi connectivity index (χ4v) is 1.93. The van der Waals surface area contributed by atoms with Gasteiger partial charge in [0, 0.05) is 25.1 Å². The molecule has 1 aliphatic rings. The van der Waals surface area contributed by atoms with Crippen molar-refractivity contribution in [2.24, 2.45) is 0 Å². The summed E-state index contributed by atoms with van der Waals surface area (Å²) in [5.41, 5.74) is 1.10. The van der Waals surface area contributed by atoms with Gasteiger partial charge in [0.25, 0.3) is 0 Å². The van der Waals surface area contributed by atoms with E-state index in [1.807, 2.05) is 18.2 Å². The third-order valence-electron chi connectivity index (χ3n) is 2.83. The van der Waals surface area contributed by atoms with Crippen LogP contribution in [0.4, 0.5) is 0 Å². The maximum Gasteiger partial charge on any atom is 0.165 e. The smallest absolute Gasteiger partial charge is 0.165 e. The normalized spacial score (nSPS) is 14.2. The topological polar surface area (TPSA) is 60.0 Å². The van der Waals surface area contributed by atoms with Crippen molar-refractivity contribution in [3.8, 4) is 11.5 Å². The second-order valence-corrected chi connectivity index (χ2v) is 4.31. The third kappa shape index (κ3) is 4.38. The van der Waals surface area contributed by atoms with E-state index in [4.69, 9.17) is 19.3 Å². The summed E-state index contributed by atoms with van der Waals surface area (Å²) < 4.78 is 16.6. The first-order valence-corrected chi connectivity index (χ1v) is 6.68. The lowest BCUT2D eigenvalue weighted by molar-refractivity contribution is 0.0937. The number of aliphatic hydroxyl groups excluding tert-OH is 1. The summed E-state index contributed by atoms with van der Waals surface area (Å²) in [6, 6.07) is 5.95. The van der Waals surface area contributed by atoms with Crippen LogP contribution in [-0.2, 0) is 11.3 Å². The first-order chi connectivity index (χ1) is 9.42. The van der Waals surface area contributed by atoms with Gasteiger partial charge >= 0.3 is 0 Å². The molecule has 0 aliphatic carbocycles. The SMILES string of the molecule is OCCOCCNCc1cccc2c1OCCCO2. The lowest BCUT2D eigenvalue weighted by Gasteiger charge is -2.13. The molecule has 0 aromatic heterocycles. The van der Waals surface area contributed by atoms with Crippen molar-refractivity contribution >= 4 is 0 Å². The summed E-state index contributed by atoms with van der Waals surface area (Å²) in [7, 11) is 0. The Bertz CT molecular complexity index is 384. The fraction of sp³-hybridized carbons (Fsp3) is 0.571. The molecule has 5 nitrogen and oxygen atoms in total. The van der Waals surface area contributed by atoms with E-state index in [9.17, 15) is 0 Å². The van der Waals surface area contributed by atoms with E-state index in [0.29, 0.717) is 26.4 Å². The summed E-state index contributed by atoms with van der Waals surface area (Å²) in [6.07, 6.45) is 0.913. The summed E-state index contributed by atoms with van der Waals surface area (Å²) in [5.74, 6) is 1.68. The van der Waals surface area contributed by atoms with Gasteiger partial charge in [0.2, 0.25) is 0 Å². The van der Waals surface area contributed by atoms with Crippen LogP contribution in [0.5, 0.6) is 11.5 Å². The molecule has 0 atom stereocenters. The molecule has 0 spiro atoms. The lowest BCUT2D eigenvalue weighted by atomic mass is 10.2. The molecule has 0 saturated heterocycles. The average molecular weight is 267 g/mol. The maximum atomic E-state index is 8.58. The van der Waals surface area contributed by atoms with Crippen LogP contribution in [0, 0.1) is 0 Å². The Hall–Kier alpha value is -1.30. The van der Waals surface area contributed by atoms with Crippen LogP contribution in [0.1, 0.15) is 12.0 Å². The fourth-order valence-electron chi connectivity index (χ4n) is 1.93. The number of benzene rings is 1. The van der Waals surface area contributed by atoms with Crippen molar-refractivity contribution in [2.75, 3.05) is 39.6 Å². The standard InChI is InChI=1S/C14H21NO4/c16-6-10-17-9-5-15-11-12-3-1-4-13-14(12)19-8-2-7-18-13/h1,3-4,15-16H,2,5-11H2. The predicted molar refractivity (Wildman–Crippen MR) is 71.7 cm³/mol. The van der Waals surface area contributed by atoms with Crippen LogP contribution in [0.15, 0.2) is 18.2 Å². The molecule has 1 aromatic rings. The monoisotopic (exact) mass is 267 g/mol. The van der Waals surface area contributed by atoms with Gasteiger partial charge < -0.3 is 24.6 Å². The van der Waals surface area contributed by atoms with E-state index >= 15 is 0 Å². The van der Waals surface area contributed by atoms with E-state index in [0.717, 1.165) is 36.6 Å². The molecule has 0 amide bonds. The van der Waals surface area contributed by atoms with Gasteiger partial charge in [-0.3, -0.25) is 0 Å². The molecule has 19 heavy (non-hydrogen) atoms. The van der Waals surface area contributed by atoms with Crippen molar-refractivity contribution < 1.29 is 19.3 Å². The zero-order valence-corrected chi connectivity index (χ0v) is 11.1. The number of hydrogen-bond acceptors (Lipinski definition) is 5. The highest BCUT2D eigenvalue weighted by Gasteiger charge is 2.13. The number of ether oxygens (including phenoxy) is 3. The second kappa shape index (κ2) is 7.99. The Morgan fingerprint density at radius 3 is 3.00 bits per heavy atom. The molecule has 0 unspecified atom stereocenters. The van der Waals surface area contributed by atoms with Crippen molar-refractivity contribution in [3.05, 3.63) is 23.8 Å². The average Bonchev–Trinajstić information content (AvgIpc) is 2.68. The van der Waals surface area contributed by atoms with Crippen molar-refractivity contribution in [1.29, 1.82) is 0 Å². The first kappa shape index (κ1) is 14.1. The van der Waals surface area contributed by atoms with Crippen molar-refractivity contribution in [3.63, 3.8) is 0 Å². The first-order valence-electron chi connectivity index (χ1n) is 6.68. The highest BCUT2D eigenvalue weighted by molar-refractivity contribution is 5.46. The Labute approximate surface area is 113 Å². The van der Waals surface area contributed by atoms with E-state index < -0.39 is 0 Å². The molecule has 106 valence electrons. The Morgan fingerprint density at radius 1 is 1.21 bits per heavy atom. The van der Waals surface area contributed by atoms with Crippen LogP contribution in [0.3, 0.4) is 0 Å². The molecule has 0 radical (unpaired) electrons. The van der Waals surface area contributed by atoms with Gasteiger partial charge in [0.05, 0.1) is 33.0 Å². The lowest BCUT2D eigenvalue weighted by Crippen LogP contribution is -2.20. The van der Waals surface area contributed by atoms with Gasteiger partial charge in [-0.25, -0.2) is 0 Å². The number of para-hydroxylation sites is 1. The summed E-state index contributed by atoms with van der Waals surface area (Å²) in [4.78, 5) is 0. The highest BCUT2D eigenvalue weighted by atomic mass is 16.5. The molecule has 0 bridgehead atoms. The van der Waals surface area contributed by atoms with Crippen LogP contribution in [0.25, 0.3) is 0 Å². The molecule has 1 heterocycles. The molecule has 0 fully saturated rings. The number of fused-ring (bicyclic) bond motifs is 1. The second-order valence-electron chi connectivity index (χ2n) is 4.31. The minimum absolute atomic E-state index is 0.0668. The molecule has 1 aliphatic heterocycles. The van der Waals surface area contributed by atoms with Crippen LogP contribution < -0.4 is 14.8 Å². The van der Waals surface area contributed by atoms with E-state index in [1.54, 1.807) is 0 Å². The summed E-state index contributed by atoms with van der Waals surface area (Å²) >= 11 is 0. The van der Waals surface area contributed by atoms with E-state index in [1.165, 1.54) is 0 Å². The van der Waals surface area contributed by atoms with Gasteiger partial charge in [-0.15, -0.1) is 0 Å². The zero-order valence-electron chi connectivity index (χ0n) is 11.1. The minimum Gasteiger partial charge on any atom is -0.490 e. The number of nitrogens with one attached hydrogen (secondary N) is 1. The molecule has 1 aromatic carbocycles. The van der Waals surface area contributed by atoms with Gasteiger partial charge in [-0.2, -0.15) is 0 Å². The van der Waals surface area contributed by atoms with E-state index in [2.05, 4.69) is 5.32 Å². The Morgan fingerprint density at radius 2 is 2.11 bits per heavy atom. The quantitative estimate of drug-likeness (QED) is 0.720. The van der Waals surface area contributed by atoms with Gasteiger partial charge in [-0.05, 0) is 6.07 Å². The Kier molecular flexibility index (Phi) is 5.94. The van der Waals surface area contributed by atoms with Crippen LogP contribution in [0.2, 0.25) is 0 Å². The largest absolute Gasteiger partial charge is 0.490 e. The molecule has 5 heteroatoms. The molecule has 2 rings (SSSR count). The van der Waals surface area contributed by atoms with Crippen LogP contribution >= 0.6 is 0 Å². The molecule has 2 N–H and O–H groups in total. The maximum absolute atomic E-state index is 8.58. The van der Waals surface area contributed by atoms with E-state index in [-0.39, 0.29) is 6.61 Å². The molecular weight excluding hydrogens is 246 g/mol. The van der Waals surface area contributed by atoms with Crippen LogP contribution in [-0.4, -0.2) is 44.7 Å². The number of rotatable bonds is 7. The number of hydrogen-bond donors (Lipinski definition) is 2. The zero-order chi connectivity index (χ0) is 13.3. The minimum atomic E-state index is 0.0668. The predicted octanol–water partition coefficient (Wildman–Crippen LogP) is 0.946. The van der Waals surface area contributed by atoms with Crippen molar-refractivity contribution in [2.45, 2.75) is 13.0 Å². The number of aliphatic hydroxyl groups is 1. The Balaban J connectivity index is 1.83. The molecular formula is C14H21NO4. The van der Waals surface area contributed by atoms with Gasteiger partial charge in [0.1, 0.15) is 0 Å². The molecule has 0 saturated carbocycles. The summed E-state index contributed by atoms with van der Waals surface area (Å²) in [5, 5.41) is 11.9. The van der Waals surface area contributed by atoms with Gasteiger partial charge in [0.15, 0.2) is 11.5 Å². The van der Waals surface area contributed by atoms with Crippen molar-refractivity contribution in [1.82, 2.24) is 5.32 Å². The third-order valence-corrected chi connectivity index (χ3v) is 2.83. The highest BCUT2D eigenvalue weighted by Crippen LogP contribution is 2.32. The summed E-state index contributed by atoms with van der Waals surface area (Å²) in [6.45, 7) is 3.91.